The Bertz CT molecular complexity index is 951. The van der Waals surface area contributed by atoms with Crippen LogP contribution in [0.1, 0.15) is 19.8 Å². The highest BCUT2D eigenvalue weighted by Crippen LogP contribution is 2.34. The lowest BCUT2D eigenvalue weighted by atomic mass is 10.1. The highest BCUT2D eigenvalue weighted by atomic mass is 32.2. The zero-order valence-electron chi connectivity index (χ0n) is 16.1. The van der Waals surface area contributed by atoms with Crippen molar-refractivity contribution in [2.75, 3.05) is 18.8 Å². The van der Waals surface area contributed by atoms with Gasteiger partial charge < -0.3 is 10.5 Å². The maximum Gasteiger partial charge on any atom is 0.306 e. The number of benzene rings is 2. The molecular formula is C22H27N2O3S+. The van der Waals surface area contributed by atoms with E-state index in [9.17, 15) is 8.42 Å². The van der Waals surface area contributed by atoms with E-state index in [1.165, 1.54) is 0 Å². The van der Waals surface area contributed by atoms with Gasteiger partial charge in [0.1, 0.15) is 30.0 Å². The molecular weight excluding hydrogens is 372 g/mol. The largest absolute Gasteiger partial charge is 0.457 e. The summed E-state index contributed by atoms with van der Waals surface area (Å²) in [5, 5.41) is 0. The minimum absolute atomic E-state index is 0.141. The maximum absolute atomic E-state index is 13.3. The molecule has 0 saturated carbocycles. The monoisotopic (exact) mass is 399 g/mol. The molecule has 3 rings (SSSR count). The fourth-order valence-electron chi connectivity index (χ4n) is 3.19. The van der Waals surface area contributed by atoms with Crippen molar-refractivity contribution >= 4 is 15.7 Å². The Hall–Kier alpha value is -2.41. The van der Waals surface area contributed by atoms with Crippen LogP contribution < -0.4 is 14.4 Å². The van der Waals surface area contributed by atoms with Gasteiger partial charge in [-0.15, -0.1) is 0 Å². The molecule has 0 radical (unpaired) electrons. The van der Waals surface area contributed by atoms with E-state index >= 15 is 0 Å². The van der Waals surface area contributed by atoms with Gasteiger partial charge in [-0.1, -0.05) is 31.5 Å². The molecule has 1 aliphatic rings. The van der Waals surface area contributed by atoms with Crippen LogP contribution in [0, 0.1) is 0 Å². The van der Waals surface area contributed by atoms with Gasteiger partial charge in [0.25, 0.3) is 0 Å². The van der Waals surface area contributed by atoms with Crippen LogP contribution >= 0.6 is 0 Å². The number of nitrogens with two attached hydrogens (primary N) is 1. The Labute approximate surface area is 167 Å². The number of para-hydroxylation sites is 1. The van der Waals surface area contributed by atoms with Gasteiger partial charge in [-0.05, 0) is 48.4 Å². The second-order valence-corrected chi connectivity index (χ2v) is 9.05. The van der Waals surface area contributed by atoms with Crippen molar-refractivity contribution < 1.29 is 13.2 Å². The van der Waals surface area contributed by atoms with Crippen LogP contribution in [-0.4, -0.2) is 27.3 Å². The van der Waals surface area contributed by atoms with Crippen molar-refractivity contribution in [2.45, 2.75) is 19.8 Å². The molecule has 1 heterocycles. The van der Waals surface area contributed by atoms with E-state index in [1.807, 2.05) is 73.7 Å². The molecule has 1 unspecified atom stereocenters. The van der Waals surface area contributed by atoms with Crippen molar-refractivity contribution in [3.05, 3.63) is 78.5 Å². The fraction of sp³-hybridized carbons (Fsp3) is 0.273. The van der Waals surface area contributed by atoms with E-state index in [2.05, 4.69) is 0 Å². The quantitative estimate of drug-likeness (QED) is 0.671. The Balaban J connectivity index is 1.93. The zero-order chi connectivity index (χ0) is 20.0. The highest BCUT2D eigenvalue weighted by Gasteiger charge is 2.42. The van der Waals surface area contributed by atoms with Gasteiger partial charge in [0, 0.05) is 18.7 Å². The van der Waals surface area contributed by atoms with Crippen LogP contribution in [0.25, 0.3) is 0 Å². The molecule has 5 nitrogen and oxygen atoms in total. The molecule has 0 aliphatic carbocycles. The molecule has 1 atom stereocenters. The molecule has 6 heteroatoms. The lowest BCUT2D eigenvalue weighted by Crippen LogP contribution is -2.51. The molecule has 1 aliphatic heterocycles. The van der Waals surface area contributed by atoms with E-state index < -0.39 is 10.0 Å². The average molecular weight is 400 g/mol. The first kappa shape index (κ1) is 20.3. The molecule has 0 saturated heterocycles. The number of rotatable bonds is 8. The van der Waals surface area contributed by atoms with E-state index in [4.69, 9.17) is 10.5 Å². The standard InChI is InChI=1S/C22H27N2O3S/c1-2-3-17-28(25,26)24(15-13-19(18-23)14-16-24)20-9-11-22(12-10-20)27-21-7-5-4-6-8-21/h4-15H,2-3,16-18,23H2,1H3/q+1. The Morgan fingerprint density at radius 1 is 1.04 bits per heavy atom. The van der Waals surface area contributed by atoms with Gasteiger partial charge >= 0.3 is 10.0 Å². The third-order valence-corrected chi connectivity index (χ3v) is 7.17. The van der Waals surface area contributed by atoms with Crippen molar-refractivity contribution in [3.8, 4) is 11.5 Å². The topological polar surface area (TPSA) is 69.4 Å². The molecule has 0 aromatic heterocycles. The summed E-state index contributed by atoms with van der Waals surface area (Å²) in [7, 11) is -3.44. The summed E-state index contributed by atoms with van der Waals surface area (Å²) in [4.78, 5) is 0. The molecule has 2 aromatic carbocycles. The SMILES string of the molecule is CCCCS(=O)(=O)[N+]1(c2ccc(Oc3ccccc3)cc2)C=CC(CN)=CC1. The molecule has 2 aromatic rings. The van der Waals surface area contributed by atoms with Crippen molar-refractivity contribution in [3.63, 3.8) is 0 Å². The summed E-state index contributed by atoms with van der Waals surface area (Å²) in [5.41, 5.74) is 7.36. The number of hydrogen-bond acceptors (Lipinski definition) is 4. The Kier molecular flexibility index (Phi) is 6.34. The van der Waals surface area contributed by atoms with Crippen LogP contribution in [0.3, 0.4) is 0 Å². The van der Waals surface area contributed by atoms with Crippen molar-refractivity contribution in [1.82, 2.24) is 3.89 Å². The number of nitrogens with zero attached hydrogens (tertiary/aromatic N) is 1. The molecule has 0 bridgehead atoms. The number of quaternary nitrogens is 1. The maximum atomic E-state index is 13.3. The minimum atomic E-state index is -3.44. The number of unbranched alkanes of at least 4 members (excludes halogenated alkanes) is 1. The van der Waals surface area contributed by atoms with Crippen LogP contribution in [0.15, 0.2) is 78.5 Å². The normalized spacial score (nSPS) is 19.3. The third-order valence-electron chi connectivity index (χ3n) is 4.89. The molecule has 28 heavy (non-hydrogen) atoms. The van der Waals surface area contributed by atoms with Gasteiger partial charge in [0.05, 0.1) is 0 Å². The van der Waals surface area contributed by atoms with Gasteiger partial charge in [0.2, 0.25) is 0 Å². The van der Waals surface area contributed by atoms with Crippen molar-refractivity contribution in [1.29, 1.82) is 0 Å². The van der Waals surface area contributed by atoms with E-state index in [1.54, 1.807) is 6.20 Å². The smallest absolute Gasteiger partial charge is 0.306 e. The minimum Gasteiger partial charge on any atom is -0.457 e. The predicted octanol–water partition coefficient (Wildman–Crippen LogP) is 4.33. The zero-order valence-corrected chi connectivity index (χ0v) is 16.9. The summed E-state index contributed by atoms with van der Waals surface area (Å²) in [6.07, 6.45) is 6.95. The van der Waals surface area contributed by atoms with Crippen molar-refractivity contribution in [2.24, 2.45) is 5.73 Å². The Morgan fingerprint density at radius 3 is 2.29 bits per heavy atom. The van der Waals surface area contributed by atoms with Gasteiger partial charge in [-0.25, -0.2) is 0 Å². The van der Waals surface area contributed by atoms with Gasteiger partial charge in [-0.2, -0.15) is 12.3 Å². The molecule has 148 valence electrons. The second kappa shape index (κ2) is 8.73. The fourth-order valence-corrected chi connectivity index (χ4v) is 5.16. The van der Waals surface area contributed by atoms with Crippen LogP contribution in [0.4, 0.5) is 5.69 Å². The number of ether oxygens (including phenoxy) is 1. The predicted molar refractivity (Wildman–Crippen MR) is 115 cm³/mol. The summed E-state index contributed by atoms with van der Waals surface area (Å²) >= 11 is 0. The summed E-state index contributed by atoms with van der Waals surface area (Å²) in [5.74, 6) is 1.54. The van der Waals surface area contributed by atoms with Crippen LogP contribution in [-0.2, 0) is 10.0 Å². The number of hydrogen-bond donors (Lipinski definition) is 1. The third kappa shape index (κ3) is 4.19. The van der Waals surface area contributed by atoms with E-state index in [0.29, 0.717) is 30.9 Å². The summed E-state index contributed by atoms with van der Waals surface area (Å²) in [6, 6.07) is 16.8. The van der Waals surface area contributed by atoms with Gasteiger partial charge in [0.15, 0.2) is 5.69 Å². The second-order valence-electron chi connectivity index (χ2n) is 6.83. The number of sulfonamides is 1. The van der Waals surface area contributed by atoms with E-state index in [-0.39, 0.29) is 9.64 Å². The summed E-state index contributed by atoms with van der Waals surface area (Å²) < 4.78 is 32.1. The molecule has 0 fully saturated rings. The van der Waals surface area contributed by atoms with Crippen LogP contribution in [0.2, 0.25) is 0 Å². The molecule has 2 N–H and O–H groups in total. The highest BCUT2D eigenvalue weighted by molar-refractivity contribution is 7.91. The lowest BCUT2D eigenvalue weighted by Gasteiger charge is -2.34. The average Bonchev–Trinajstić information content (AvgIpc) is 2.73. The lowest BCUT2D eigenvalue weighted by molar-refractivity contribution is 0.480. The molecule has 0 spiro atoms. The summed E-state index contributed by atoms with van der Waals surface area (Å²) in [6.45, 7) is 2.73. The first-order valence-electron chi connectivity index (χ1n) is 9.53. The van der Waals surface area contributed by atoms with Gasteiger partial charge in [-0.3, -0.25) is 0 Å². The van der Waals surface area contributed by atoms with Crippen LogP contribution in [0.5, 0.6) is 11.5 Å². The molecule has 0 amide bonds. The Morgan fingerprint density at radius 2 is 1.71 bits per heavy atom. The first-order chi connectivity index (χ1) is 13.5. The van der Waals surface area contributed by atoms with E-state index in [0.717, 1.165) is 17.7 Å². The first-order valence-corrected chi connectivity index (χ1v) is 11.1.